The molecule has 5 heteroatoms. The van der Waals surface area contributed by atoms with Crippen molar-refractivity contribution < 1.29 is 0 Å². The van der Waals surface area contributed by atoms with Gasteiger partial charge in [0, 0.05) is 4.90 Å². The summed E-state index contributed by atoms with van der Waals surface area (Å²) in [5, 5.41) is 14.5. The molecular weight excluding hydrogens is 262 g/mol. The summed E-state index contributed by atoms with van der Waals surface area (Å²) in [5.41, 5.74) is 1.44. The van der Waals surface area contributed by atoms with Crippen LogP contribution in [0.1, 0.15) is 33.8 Å². The Labute approximate surface area is 115 Å². The van der Waals surface area contributed by atoms with Crippen molar-refractivity contribution in [3.63, 3.8) is 0 Å². The first-order valence-electron chi connectivity index (χ1n) is 6.03. The molecule has 2 aromatic rings. The van der Waals surface area contributed by atoms with Gasteiger partial charge in [0.15, 0.2) is 0 Å². The molecule has 0 spiro atoms. The van der Waals surface area contributed by atoms with Crippen molar-refractivity contribution >= 4 is 23.1 Å². The van der Waals surface area contributed by atoms with Crippen LogP contribution in [0.3, 0.4) is 0 Å². The van der Waals surface area contributed by atoms with E-state index in [9.17, 15) is 0 Å². The summed E-state index contributed by atoms with van der Waals surface area (Å²) in [6.07, 6.45) is 1.07. The van der Waals surface area contributed by atoms with Crippen LogP contribution in [0.4, 0.5) is 0 Å². The lowest BCUT2D eigenvalue weighted by Crippen LogP contribution is -2.11. The zero-order valence-corrected chi connectivity index (χ0v) is 12.0. The SMILES string of the molecule is CNC(C)c1nnc(C2Cc3ccccc3S2)s1. The molecule has 3 nitrogen and oxygen atoms in total. The molecular formula is C13H15N3S2. The highest BCUT2D eigenvalue weighted by Crippen LogP contribution is 2.47. The van der Waals surface area contributed by atoms with Crippen molar-refractivity contribution in [3.8, 4) is 0 Å². The lowest BCUT2D eigenvalue weighted by Gasteiger charge is -2.04. The van der Waals surface area contributed by atoms with E-state index >= 15 is 0 Å². The average Bonchev–Trinajstić information content (AvgIpc) is 3.03. The minimum Gasteiger partial charge on any atom is -0.311 e. The van der Waals surface area contributed by atoms with E-state index < -0.39 is 0 Å². The Morgan fingerprint density at radius 3 is 2.94 bits per heavy atom. The number of benzene rings is 1. The van der Waals surface area contributed by atoms with Crippen LogP contribution in [-0.2, 0) is 6.42 Å². The number of rotatable bonds is 3. The van der Waals surface area contributed by atoms with E-state index in [4.69, 9.17) is 0 Å². The van der Waals surface area contributed by atoms with Gasteiger partial charge >= 0.3 is 0 Å². The van der Waals surface area contributed by atoms with E-state index in [-0.39, 0.29) is 6.04 Å². The van der Waals surface area contributed by atoms with E-state index in [1.54, 1.807) is 11.3 Å². The minimum absolute atomic E-state index is 0.282. The van der Waals surface area contributed by atoms with Crippen LogP contribution in [0, 0.1) is 0 Å². The zero-order valence-electron chi connectivity index (χ0n) is 10.4. The van der Waals surface area contributed by atoms with E-state index in [0.29, 0.717) is 5.25 Å². The van der Waals surface area contributed by atoms with Crippen LogP contribution in [0.5, 0.6) is 0 Å². The van der Waals surface area contributed by atoms with Crippen molar-refractivity contribution in [3.05, 3.63) is 39.8 Å². The Morgan fingerprint density at radius 1 is 1.33 bits per heavy atom. The van der Waals surface area contributed by atoms with E-state index in [1.165, 1.54) is 10.5 Å². The van der Waals surface area contributed by atoms with Gasteiger partial charge in [-0.15, -0.1) is 22.0 Å². The fourth-order valence-electron chi connectivity index (χ4n) is 1.99. The van der Waals surface area contributed by atoms with Crippen molar-refractivity contribution in [2.45, 2.75) is 29.5 Å². The Morgan fingerprint density at radius 2 is 2.17 bits per heavy atom. The molecule has 0 saturated heterocycles. The number of hydrogen-bond donors (Lipinski definition) is 1. The minimum atomic E-state index is 0.282. The lowest BCUT2D eigenvalue weighted by atomic mass is 10.1. The predicted octanol–water partition coefficient (Wildman–Crippen LogP) is 3.21. The number of nitrogens with zero attached hydrogens (tertiary/aromatic N) is 2. The highest BCUT2D eigenvalue weighted by molar-refractivity contribution is 8.00. The summed E-state index contributed by atoms with van der Waals surface area (Å²) < 4.78 is 0. The second kappa shape index (κ2) is 4.99. The van der Waals surface area contributed by atoms with Crippen LogP contribution in [0.2, 0.25) is 0 Å². The molecule has 94 valence electrons. The molecule has 0 amide bonds. The van der Waals surface area contributed by atoms with Gasteiger partial charge in [-0.05, 0) is 32.0 Å². The van der Waals surface area contributed by atoms with Crippen molar-refractivity contribution in [2.24, 2.45) is 0 Å². The van der Waals surface area contributed by atoms with E-state index in [0.717, 1.165) is 16.4 Å². The normalized spacial score (nSPS) is 19.8. The predicted molar refractivity (Wildman–Crippen MR) is 76.1 cm³/mol. The van der Waals surface area contributed by atoms with Gasteiger partial charge in [0.1, 0.15) is 10.0 Å². The summed E-state index contributed by atoms with van der Waals surface area (Å²) in [5.74, 6) is 0. The van der Waals surface area contributed by atoms with E-state index in [1.807, 2.05) is 18.8 Å². The topological polar surface area (TPSA) is 37.8 Å². The molecule has 2 unspecified atom stereocenters. The summed E-state index contributed by atoms with van der Waals surface area (Å²) in [4.78, 5) is 1.39. The molecule has 1 aliphatic rings. The molecule has 1 aromatic heterocycles. The Kier molecular flexibility index (Phi) is 3.37. The van der Waals surface area contributed by atoms with Gasteiger partial charge in [0.05, 0.1) is 11.3 Å². The second-order valence-electron chi connectivity index (χ2n) is 4.41. The zero-order chi connectivity index (χ0) is 12.5. The van der Waals surface area contributed by atoms with Crippen LogP contribution in [0.25, 0.3) is 0 Å². The molecule has 1 aromatic carbocycles. The van der Waals surface area contributed by atoms with Gasteiger partial charge in [-0.1, -0.05) is 29.5 Å². The maximum absolute atomic E-state index is 4.36. The molecule has 2 atom stereocenters. The third-order valence-corrected chi connectivity index (χ3v) is 5.88. The van der Waals surface area contributed by atoms with Gasteiger partial charge in [0.2, 0.25) is 0 Å². The van der Waals surface area contributed by atoms with Gasteiger partial charge in [-0.25, -0.2) is 0 Å². The first-order chi connectivity index (χ1) is 8.78. The number of thioether (sulfide) groups is 1. The largest absolute Gasteiger partial charge is 0.311 e. The van der Waals surface area contributed by atoms with Crippen molar-refractivity contribution in [1.29, 1.82) is 0 Å². The number of aromatic nitrogens is 2. The molecule has 0 saturated carbocycles. The molecule has 18 heavy (non-hydrogen) atoms. The standard InChI is InChI=1S/C13H15N3S2/c1-8(14-2)12-15-16-13(18-12)11-7-9-5-3-4-6-10(9)17-11/h3-6,8,11,14H,7H2,1-2H3. The van der Waals surface area contributed by atoms with Crippen molar-refractivity contribution in [1.82, 2.24) is 15.5 Å². The van der Waals surface area contributed by atoms with Gasteiger partial charge in [-0.2, -0.15) is 0 Å². The smallest absolute Gasteiger partial charge is 0.134 e. The fraction of sp³-hybridized carbons (Fsp3) is 0.385. The average molecular weight is 277 g/mol. The highest BCUT2D eigenvalue weighted by atomic mass is 32.2. The molecule has 0 aliphatic carbocycles. The first kappa shape index (κ1) is 12.1. The van der Waals surface area contributed by atoms with Crippen LogP contribution >= 0.6 is 23.1 Å². The third-order valence-electron chi connectivity index (χ3n) is 3.18. The number of fused-ring (bicyclic) bond motifs is 1. The molecule has 0 radical (unpaired) electrons. The maximum atomic E-state index is 4.36. The fourth-order valence-corrected chi connectivity index (χ4v) is 4.35. The molecule has 0 fully saturated rings. The molecule has 0 bridgehead atoms. The number of nitrogens with one attached hydrogen (secondary N) is 1. The van der Waals surface area contributed by atoms with E-state index in [2.05, 4.69) is 46.7 Å². The molecule has 2 heterocycles. The first-order valence-corrected chi connectivity index (χ1v) is 7.72. The summed E-state index contributed by atoms with van der Waals surface area (Å²) in [7, 11) is 1.95. The van der Waals surface area contributed by atoms with Gasteiger partial charge in [0.25, 0.3) is 0 Å². The Bertz CT molecular complexity index is 528. The Balaban J connectivity index is 1.80. The maximum Gasteiger partial charge on any atom is 0.134 e. The third kappa shape index (κ3) is 2.18. The summed E-state index contributed by atoms with van der Waals surface area (Å²) in [6.45, 7) is 2.11. The van der Waals surface area contributed by atoms with Crippen LogP contribution in [0.15, 0.2) is 29.2 Å². The van der Waals surface area contributed by atoms with Crippen LogP contribution < -0.4 is 5.32 Å². The molecule has 1 N–H and O–H groups in total. The second-order valence-corrected chi connectivity index (χ2v) is 6.69. The molecule has 1 aliphatic heterocycles. The van der Waals surface area contributed by atoms with Crippen LogP contribution in [-0.4, -0.2) is 17.2 Å². The van der Waals surface area contributed by atoms with Gasteiger partial charge < -0.3 is 5.32 Å². The Hall–Kier alpha value is -0.910. The van der Waals surface area contributed by atoms with Gasteiger partial charge in [-0.3, -0.25) is 0 Å². The lowest BCUT2D eigenvalue weighted by molar-refractivity contribution is 0.639. The molecule has 3 rings (SSSR count). The highest BCUT2D eigenvalue weighted by Gasteiger charge is 2.26. The summed E-state index contributed by atoms with van der Waals surface area (Å²) in [6, 6.07) is 8.89. The van der Waals surface area contributed by atoms with Crippen molar-refractivity contribution in [2.75, 3.05) is 7.05 Å². The quantitative estimate of drug-likeness (QED) is 0.935. The summed E-state index contributed by atoms with van der Waals surface area (Å²) >= 11 is 3.64. The number of hydrogen-bond acceptors (Lipinski definition) is 5. The monoisotopic (exact) mass is 277 g/mol.